The molecule has 0 radical (unpaired) electrons. The minimum atomic E-state index is -1.39. The molecule has 12 N–H and O–H groups in total. The van der Waals surface area contributed by atoms with Crippen molar-refractivity contribution in [2.24, 2.45) is 22.9 Å². The van der Waals surface area contributed by atoms with Gasteiger partial charge in [-0.05, 0) is 19.3 Å². The molecule has 2 fully saturated rings. The second-order valence-electron chi connectivity index (χ2n) is 7.85. The number of hydrogen-bond donors (Lipinski definition) is 8. The molecule has 0 amide bonds. The molecule has 10 atom stereocenters. The van der Waals surface area contributed by atoms with Gasteiger partial charge in [-0.1, -0.05) is 0 Å². The predicted molar refractivity (Wildman–Crippen MR) is 98.8 cm³/mol. The van der Waals surface area contributed by atoms with Gasteiger partial charge in [0.05, 0.1) is 12.2 Å². The van der Waals surface area contributed by atoms with Gasteiger partial charge in [-0.3, -0.25) is 9.59 Å². The predicted octanol–water partition coefficient (Wildman–Crippen LogP) is -4.46. The molecule has 0 aliphatic heterocycles. The van der Waals surface area contributed by atoms with E-state index in [1.165, 1.54) is 0 Å². The largest absolute Gasteiger partial charge is 0.458 e. The molecule has 2 aliphatic rings. The maximum absolute atomic E-state index is 12.0. The lowest BCUT2D eigenvalue weighted by Crippen LogP contribution is -2.62. The molecule has 0 bridgehead atoms. The zero-order valence-corrected chi connectivity index (χ0v) is 16.0. The van der Waals surface area contributed by atoms with E-state index in [9.17, 15) is 30.0 Å². The number of aliphatic hydroxyl groups excluding tert-OH is 4. The summed E-state index contributed by atoms with van der Waals surface area (Å²) < 4.78 is 10.3. The number of hydrogen-bond acceptors (Lipinski definition) is 12. The van der Waals surface area contributed by atoms with Gasteiger partial charge in [-0.15, -0.1) is 0 Å². The second-order valence-corrected chi connectivity index (χ2v) is 7.85. The van der Waals surface area contributed by atoms with Crippen LogP contribution in [0.25, 0.3) is 0 Å². The summed E-state index contributed by atoms with van der Waals surface area (Å²) in [5.74, 6) is -1.40. The Morgan fingerprint density at radius 1 is 0.655 bits per heavy atom. The van der Waals surface area contributed by atoms with Crippen molar-refractivity contribution in [1.29, 1.82) is 0 Å². The summed E-state index contributed by atoms with van der Waals surface area (Å²) in [6, 6.07) is -2.85. The summed E-state index contributed by atoms with van der Waals surface area (Å²) in [7, 11) is 0. The van der Waals surface area contributed by atoms with Crippen molar-refractivity contribution < 1.29 is 39.5 Å². The smallest absolute Gasteiger partial charge is 0.306 e. The van der Waals surface area contributed by atoms with Gasteiger partial charge in [0.15, 0.2) is 0 Å². The van der Waals surface area contributed by atoms with Crippen LogP contribution in [0.1, 0.15) is 32.1 Å². The summed E-state index contributed by atoms with van der Waals surface area (Å²) >= 11 is 0. The van der Waals surface area contributed by atoms with Crippen LogP contribution < -0.4 is 22.9 Å². The van der Waals surface area contributed by atoms with E-state index in [2.05, 4.69) is 0 Å². The molecule has 12 nitrogen and oxygen atoms in total. The van der Waals surface area contributed by atoms with Crippen LogP contribution in [0.2, 0.25) is 0 Å². The van der Waals surface area contributed by atoms with Gasteiger partial charge < -0.3 is 52.8 Å². The first-order valence-corrected chi connectivity index (χ1v) is 9.66. The number of rotatable bonds is 6. The molecule has 12 heteroatoms. The van der Waals surface area contributed by atoms with Crippen molar-refractivity contribution in [2.45, 2.75) is 92.9 Å². The fourth-order valence-corrected chi connectivity index (χ4v) is 3.69. The maximum Gasteiger partial charge on any atom is 0.306 e. The number of carbonyl (C=O) groups is 2. The molecule has 2 rings (SSSR count). The summed E-state index contributed by atoms with van der Waals surface area (Å²) in [5.41, 5.74) is 23.0. The number of nitrogens with two attached hydrogens (primary N) is 4. The highest BCUT2D eigenvalue weighted by Crippen LogP contribution is 2.23. The van der Waals surface area contributed by atoms with Crippen LogP contribution in [0.15, 0.2) is 0 Å². The zero-order valence-electron chi connectivity index (χ0n) is 16.0. The fourth-order valence-electron chi connectivity index (χ4n) is 3.69. The van der Waals surface area contributed by atoms with E-state index in [1.54, 1.807) is 0 Å². The van der Waals surface area contributed by atoms with E-state index in [0.29, 0.717) is 0 Å². The Bertz CT molecular complexity index is 534. The first-order valence-electron chi connectivity index (χ1n) is 9.66. The van der Waals surface area contributed by atoms with Crippen molar-refractivity contribution in [2.75, 3.05) is 0 Å². The van der Waals surface area contributed by atoms with Gasteiger partial charge in [-0.2, -0.15) is 0 Å². The number of ether oxygens (including phenoxy) is 2. The first kappa shape index (κ1) is 23.9. The number of aliphatic hydroxyl groups is 4. The van der Waals surface area contributed by atoms with Crippen LogP contribution in [-0.2, 0) is 19.1 Å². The highest BCUT2D eigenvalue weighted by molar-refractivity contribution is 5.73. The molecule has 0 aromatic carbocycles. The van der Waals surface area contributed by atoms with E-state index in [1.807, 2.05) is 0 Å². The molecule has 0 heterocycles. The van der Waals surface area contributed by atoms with E-state index in [0.717, 1.165) is 0 Å². The van der Waals surface area contributed by atoms with Crippen LogP contribution in [0.4, 0.5) is 0 Å². The van der Waals surface area contributed by atoms with Crippen molar-refractivity contribution in [3.63, 3.8) is 0 Å². The Kier molecular flexibility index (Phi) is 8.31. The Morgan fingerprint density at radius 2 is 1.00 bits per heavy atom. The number of carbonyl (C=O) groups excluding carboxylic acids is 2. The van der Waals surface area contributed by atoms with Gasteiger partial charge in [0.25, 0.3) is 0 Å². The second kappa shape index (κ2) is 10.1. The minimum absolute atomic E-state index is 0.0813. The van der Waals surface area contributed by atoms with Crippen molar-refractivity contribution in [3.8, 4) is 0 Å². The van der Waals surface area contributed by atoms with Crippen molar-refractivity contribution >= 4 is 11.9 Å². The lowest BCUT2D eigenvalue weighted by molar-refractivity contribution is -0.170. The van der Waals surface area contributed by atoms with Gasteiger partial charge in [-0.25, -0.2) is 0 Å². The molecular weight excluding hydrogens is 388 g/mol. The third-order valence-electron chi connectivity index (χ3n) is 5.48. The topological polar surface area (TPSA) is 238 Å². The van der Waals surface area contributed by atoms with E-state index in [-0.39, 0.29) is 32.1 Å². The fraction of sp³-hybridized carbons (Fsp3) is 0.882. The van der Waals surface area contributed by atoms with Crippen LogP contribution in [0.3, 0.4) is 0 Å². The lowest BCUT2D eigenvalue weighted by atomic mass is 9.84. The third kappa shape index (κ3) is 5.83. The lowest BCUT2D eigenvalue weighted by Gasteiger charge is -2.39. The van der Waals surface area contributed by atoms with Crippen molar-refractivity contribution in [1.82, 2.24) is 0 Å². The molecular formula is C17H32N4O8. The monoisotopic (exact) mass is 420 g/mol. The molecule has 2 aliphatic carbocycles. The summed E-state index contributed by atoms with van der Waals surface area (Å²) in [5, 5.41) is 39.6. The highest BCUT2D eigenvalue weighted by atomic mass is 16.6. The van der Waals surface area contributed by atoms with Crippen LogP contribution >= 0.6 is 0 Å². The molecule has 0 saturated heterocycles. The Morgan fingerprint density at radius 3 is 1.34 bits per heavy atom. The van der Waals surface area contributed by atoms with E-state index < -0.39 is 72.7 Å². The van der Waals surface area contributed by atoms with Crippen LogP contribution in [-0.4, -0.2) is 93.2 Å². The van der Waals surface area contributed by atoms with E-state index in [4.69, 9.17) is 32.4 Å². The maximum atomic E-state index is 12.0. The molecule has 168 valence electrons. The van der Waals surface area contributed by atoms with Crippen molar-refractivity contribution in [3.05, 3.63) is 0 Å². The van der Waals surface area contributed by atoms with Gasteiger partial charge >= 0.3 is 11.9 Å². The summed E-state index contributed by atoms with van der Waals surface area (Å²) in [6.07, 6.45) is -7.34. The quantitative estimate of drug-likeness (QED) is 0.190. The van der Waals surface area contributed by atoms with Gasteiger partial charge in [0.2, 0.25) is 0 Å². The molecule has 29 heavy (non-hydrogen) atoms. The Balaban J connectivity index is 1.75. The SMILES string of the molecule is N[C@@H]1C[C@H](N)[C@@H](OC(=O)CCCC(=O)O[C@H]2[C@H](O)[C@@H](O)[C@H](N)C[C@@H]2N)[C@H](O)[C@H]1O. The molecule has 0 spiro atoms. The Labute approximate surface area is 168 Å². The van der Waals surface area contributed by atoms with Gasteiger partial charge in [0, 0.05) is 37.0 Å². The Hall–Kier alpha value is -1.38. The molecule has 0 unspecified atom stereocenters. The normalized spacial score (nSPS) is 42.9. The zero-order chi connectivity index (χ0) is 21.9. The summed E-state index contributed by atoms with van der Waals surface area (Å²) in [6.45, 7) is 0. The first-order chi connectivity index (χ1) is 13.5. The third-order valence-corrected chi connectivity index (χ3v) is 5.48. The highest BCUT2D eigenvalue weighted by Gasteiger charge is 2.44. The average Bonchev–Trinajstić information content (AvgIpc) is 2.65. The molecule has 0 aromatic rings. The standard InChI is InChI=1S/C17H32N4O8/c18-6-4-8(20)16(14(26)12(6)24)28-10(22)2-1-3-11(23)29-17-9(21)5-7(19)13(25)15(17)27/h6-9,12-17,24-27H,1-5,18-21H2/t6-,7-,8+,9+,12+,13+,14-,15-,16-,17-/m1/s1. The molecule has 0 aromatic heterocycles. The average molecular weight is 420 g/mol. The minimum Gasteiger partial charge on any atom is -0.458 e. The van der Waals surface area contributed by atoms with Crippen LogP contribution in [0.5, 0.6) is 0 Å². The van der Waals surface area contributed by atoms with E-state index >= 15 is 0 Å². The summed E-state index contributed by atoms with van der Waals surface area (Å²) in [4.78, 5) is 24.0. The van der Waals surface area contributed by atoms with Gasteiger partial charge in [0.1, 0.15) is 24.4 Å². The van der Waals surface area contributed by atoms with Crippen LogP contribution in [0, 0.1) is 0 Å². The number of esters is 2. The molecule has 2 saturated carbocycles.